The van der Waals surface area contributed by atoms with Crippen molar-refractivity contribution in [3.63, 3.8) is 0 Å². The molecule has 1 aliphatic rings. The second-order valence-corrected chi connectivity index (χ2v) is 10.8. The summed E-state index contributed by atoms with van der Waals surface area (Å²) < 4.78 is 9.28. The molecular weight excluding hydrogens is 468 g/mol. The van der Waals surface area contributed by atoms with Crippen molar-refractivity contribution in [2.75, 3.05) is 18.9 Å². The van der Waals surface area contributed by atoms with E-state index in [4.69, 9.17) is 9.72 Å². The van der Waals surface area contributed by atoms with Crippen LogP contribution in [0, 0.1) is 5.92 Å². The standard InChI is InChI=1S/C28H34N6O3/c1-28(2,3)37-27(36)34(14-19-6-5-7-19)16-20-8-9-25-31-21(18-33(25)15-20)17-32-11-10-22-23(26(32)35)12-30-13-24(22)29-4/h8-13,15,18-19,29H,5-7,14,16-17H2,1-4H3. The van der Waals surface area contributed by atoms with Gasteiger partial charge in [0.05, 0.1) is 36.1 Å². The lowest BCUT2D eigenvalue weighted by Gasteiger charge is -2.33. The minimum absolute atomic E-state index is 0.108. The topological polar surface area (TPSA) is 93.8 Å². The zero-order chi connectivity index (χ0) is 26.2. The van der Waals surface area contributed by atoms with Gasteiger partial charge >= 0.3 is 6.09 Å². The summed E-state index contributed by atoms with van der Waals surface area (Å²) in [7, 11) is 1.81. The van der Waals surface area contributed by atoms with Crippen LogP contribution in [0.15, 0.2) is 54.0 Å². The predicted molar refractivity (Wildman–Crippen MR) is 144 cm³/mol. The van der Waals surface area contributed by atoms with E-state index in [2.05, 4.69) is 10.3 Å². The summed E-state index contributed by atoms with van der Waals surface area (Å²) in [6.07, 6.45) is 12.3. The van der Waals surface area contributed by atoms with Crippen molar-refractivity contribution in [3.05, 3.63) is 70.8 Å². The number of rotatable bonds is 7. The molecule has 0 unspecified atom stereocenters. The van der Waals surface area contributed by atoms with Gasteiger partial charge in [-0.05, 0) is 57.2 Å². The van der Waals surface area contributed by atoms with Crippen LogP contribution >= 0.6 is 0 Å². The number of nitrogens with one attached hydrogen (secondary N) is 1. The fourth-order valence-electron chi connectivity index (χ4n) is 4.70. The molecule has 0 bridgehead atoms. The van der Waals surface area contributed by atoms with E-state index in [1.807, 2.05) is 67.7 Å². The second kappa shape index (κ2) is 9.88. The summed E-state index contributed by atoms with van der Waals surface area (Å²) in [5, 5.41) is 4.49. The predicted octanol–water partition coefficient (Wildman–Crippen LogP) is 4.67. The summed E-state index contributed by atoms with van der Waals surface area (Å²) >= 11 is 0. The van der Waals surface area contributed by atoms with E-state index in [1.54, 1.807) is 23.2 Å². The maximum absolute atomic E-state index is 13.1. The Hall–Kier alpha value is -3.88. The minimum atomic E-state index is -0.538. The Balaban J connectivity index is 1.37. The van der Waals surface area contributed by atoms with Gasteiger partial charge in [0.15, 0.2) is 0 Å². The molecule has 0 spiro atoms. The van der Waals surface area contributed by atoms with Crippen molar-refractivity contribution < 1.29 is 9.53 Å². The molecular formula is C28H34N6O3. The highest BCUT2D eigenvalue weighted by atomic mass is 16.6. The number of ether oxygens (including phenoxy) is 1. The molecule has 0 atom stereocenters. The summed E-state index contributed by atoms with van der Waals surface area (Å²) in [5.74, 6) is 0.538. The van der Waals surface area contributed by atoms with Gasteiger partial charge in [0, 0.05) is 43.8 Å². The molecule has 0 aromatic carbocycles. The molecule has 4 heterocycles. The Morgan fingerprint density at radius 2 is 1.97 bits per heavy atom. The van der Waals surface area contributed by atoms with E-state index in [9.17, 15) is 9.59 Å². The summed E-state index contributed by atoms with van der Waals surface area (Å²) in [6, 6.07) is 5.87. The highest BCUT2D eigenvalue weighted by molar-refractivity contribution is 5.92. The number of amides is 1. The lowest BCUT2D eigenvalue weighted by Crippen LogP contribution is -2.40. The van der Waals surface area contributed by atoms with E-state index >= 15 is 0 Å². The Kier molecular flexibility index (Phi) is 6.62. The number of aromatic nitrogens is 4. The van der Waals surface area contributed by atoms with Crippen molar-refractivity contribution in [2.24, 2.45) is 5.92 Å². The number of carbonyl (C=O) groups excluding carboxylic acids is 1. The number of pyridine rings is 3. The lowest BCUT2D eigenvalue weighted by atomic mass is 9.85. The van der Waals surface area contributed by atoms with Crippen molar-refractivity contribution in [1.82, 2.24) is 23.8 Å². The van der Waals surface area contributed by atoms with Gasteiger partial charge in [0.1, 0.15) is 11.2 Å². The highest BCUT2D eigenvalue weighted by Crippen LogP contribution is 2.28. The molecule has 194 valence electrons. The van der Waals surface area contributed by atoms with E-state index in [1.165, 1.54) is 6.42 Å². The van der Waals surface area contributed by atoms with Crippen molar-refractivity contribution in [3.8, 4) is 0 Å². The molecule has 0 aliphatic heterocycles. The summed E-state index contributed by atoms with van der Waals surface area (Å²) in [4.78, 5) is 36.7. The molecule has 1 aliphatic carbocycles. The Labute approximate surface area is 216 Å². The third kappa shape index (κ3) is 5.45. The fraction of sp³-hybridized carbons (Fsp3) is 0.429. The van der Waals surface area contributed by atoms with Crippen molar-refractivity contribution >= 4 is 28.2 Å². The molecule has 0 saturated heterocycles. The number of anilines is 1. The Morgan fingerprint density at radius 3 is 2.68 bits per heavy atom. The van der Waals surface area contributed by atoms with Crippen LogP contribution in [0.4, 0.5) is 10.5 Å². The molecule has 4 aromatic heterocycles. The number of hydrogen-bond acceptors (Lipinski definition) is 6. The third-order valence-electron chi connectivity index (χ3n) is 6.79. The molecule has 1 fully saturated rings. The molecule has 9 nitrogen and oxygen atoms in total. The van der Waals surface area contributed by atoms with Gasteiger partial charge in [-0.25, -0.2) is 9.78 Å². The fourth-order valence-corrected chi connectivity index (χ4v) is 4.70. The van der Waals surface area contributed by atoms with Gasteiger partial charge in [-0.15, -0.1) is 0 Å². The van der Waals surface area contributed by atoms with Gasteiger partial charge in [-0.2, -0.15) is 0 Å². The molecule has 1 N–H and O–H groups in total. The monoisotopic (exact) mass is 502 g/mol. The van der Waals surface area contributed by atoms with Crippen molar-refractivity contribution in [1.29, 1.82) is 0 Å². The first-order valence-electron chi connectivity index (χ1n) is 12.8. The van der Waals surface area contributed by atoms with Crippen LogP contribution in [0.3, 0.4) is 0 Å². The SMILES string of the molecule is CNc1cncc2c(=O)n(Cc3cn4cc(CN(CC5CCC5)C(=O)OC(C)(C)C)ccc4n3)ccc12. The van der Waals surface area contributed by atoms with Crippen LogP contribution in [0.25, 0.3) is 16.4 Å². The molecule has 1 amide bonds. The first-order chi connectivity index (χ1) is 17.7. The van der Waals surface area contributed by atoms with Gasteiger partial charge in [0.25, 0.3) is 5.56 Å². The number of hydrogen-bond donors (Lipinski definition) is 1. The quantitative estimate of drug-likeness (QED) is 0.395. The summed E-state index contributed by atoms with van der Waals surface area (Å²) in [5.41, 5.74) is 2.73. The molecule has 0 radical (unpaired) electrons. The second-order valence-electron chi connectivity index (χ2n) is 10.8. The average Bonchev–Trinajstić information content (AvgIpc) is 3.22. The maximum atomic E-state index is 13.1. The van der Waals surface area contributed by atoms with Crippen LogP contribution in [-0.2, 0) is 17.8 Å². The van der Waals surface area contributed by atoms with Gasteiger partial charge < -0.3 is 23.9 Å². The molecule has 4 aromatic rings. The normalized spacial score (nSPS) is 14.1. The first kappa shape index (κ1) is 24.8. The van der Waals surface area contributed by atoms with E-state index in [-0.39, 0.29) is 11.7 Å². The van der Waals surface area contributed by atoms with Crippen LogP contribution in [0.5, 0.6) is 0 Å². The zero-order valence-electron chi connectivity index (χ0n) is 21.9. The first-order valence-corrected chi connectivity index (χ1v) is 12.8. The summed E-state index contributed by atoms with van der Waals surface area (Å²) in [6.45, 7) is 7.20. The Bertz CT molecular complexity index is 1500. The van der Waals surface area contributed by atoms with Crippen LogP contribution in [0.1, 0.15) is 51.3 Å². The molecule has 9 heteroatoms. The van der Waals surface area contributed by atoms with Gasteiger partial charge in [0.2, 0.25) is 0 Å². The van der Waals surface area contributed by atoms with Crippen LogP contribution in [-0.4, -0.2) is 49.1 Å². The minimum Gasteiger partial charge on any atom is -0.444 e. The lowest BCUT2D eigenvalue weighted by molar-refractivity contribution is 0.0173. The maximum Gasteiger partial charge on any atom is 0.410 e. The largest absolute Gasteiger partial charge is 0.444 e. The number of nitrogens with zero attached hydrogens (tertiary/aromatic N) is 5. The number of imidazole rings is 1. The van der Waals surface area contributed by atoms with Crippen LogP contribution in [0.2, 0.25) is 0 Å². The third-order valence-corrected chi connectivity index (χ3v) is 6.79. The van der Waals surface area contributed by atoms with Gasteiger partial charge in [-0.1, -0.05) is 12.5 Å². The number of carbonyl (C=O) groups is 1. The van der Waals surface area contributed by atoms with E-state index in [0.717, 1.165) is 40.8 Å². The Morgan fingerprint density at radius 1 is 1.16 bits per heavy atom. The molecule has 5 rings (SSSR count). The number of fused-ring (bicyclic) bond motifs is 2. The highest BCUT2D eigenvalue weighted by Gasteiger charge is 2.27. The van der Waals surface area contributed by atoms with E-state index < -0.39 is 5.60 Å². The molecule has 1 saturated carbocycles. The van der Waals surface area contributed by atoms with Crippen molar-refractivity contribution in [2.45, 2.75) is 58.7 Å². The van der Waals surface area contributed by atoms with Crippen LogP contribution < -0.4 is 10.9 Å². The smallest absolute Gasteiger partial charge is 0.410 e. The average molecular weight is 503 g/mol. The zero-order valence-corrected chi connectivity index (χ0v) is 21.9. The molecule has 37 heavy (non-hydrogen) atoms. The van der Waals surface area contributed by atoms with Gasteiger partial charge in [-0.3, -0.25) is 9.78 Å². The van der Waals surface area contributed by atoms with E-state index in [0.29, 0.717) is 30.9 Å².